The zero-order valence-corrected chi connectivity index (χ0v) is 12.5. The number of hydrogen-bond donors (Lipinski definition) is 2. The van der Waals surface area contributed by atoms with Crippen molar-refractivity contribution < 1.29 is 13.2 Å². The number of carbonyl (C=O) groups is 1. The number of anilines is 1. The Balaban J connectivity index is 2.03. The van der Waals surface area contributed by atoms with Gasteiger partial charge in [0.2, 0.25) is 0 Å². The Bertz CT molecular complexity index is 763. The lowest BCUT2D eigenvalue weighted by atomic mass is 10.2. The van der Waals surface area contributed by atoms with Gasteiger partial charge in [-0.2, -0.15) is 5.10 Å². The Morgan fingerprint density at radius 1 is 1.33 bits per heavy atom. The maximum absolute atomic E-state index is 11.9. The van der Waals surface area contributed by atoms with Crippen LogP contribution in [0.3, 0.4) is 0 Å². The molecule has 1 amide bonds. The molecule has 0 atom stereocenters. The highest BCUT2D eigenvalue weighted by atomic mass is 32.2. The zero-order chi connectivity index (χ0) is 15.6. The average molecular weight is 308 g/mol. The minimum atomic E-state index is -3.21. The van der Waals surface area contributed by atoms with Crippen LogP contribution in [-0.2, 0) is 23.4 Å². The van der Waals surface area contributed by atoms with Gasteiger partial charge in [0.05, 0.1) is 11.1 Å². The quantitative estimate of drug-likeness (QED) is 0.846. The fourth-order valence-electron chi connectivity index (χ4n) is 1.75. The fraction of sp³-hybridized carbons (Fsp3) is 0.231. The standard InChI is InChI=1S/C13H16N4O3S/c1-17-12(14)11(8-16-17)13(18)15-7-9-3-5-10(6-4-9)21(2,19)20/h3-6,8H,7,14H2,1-2H3,(H,15,18). The molecule has 2 aromatic rings. The van der Waals surface area contributed by atoms with Crippen LogP contribution < -0.4 is 11.1 Å². The first-order valence-electron chi connectivity index (χ1n) is 6.13. The molecule has 112 valence electrons. The van der Waals surface area contributed by atoms with Gasteiger partial charge in [-0.05, 0) is 17.7 Å². The maximum atomic E-state index is 11.9. The van der Waals surface area contributed by atoms with Gasteiger partial charge in [-0.3, -0.25) is 9.48 Å². The van der Waals surface area contributed by atoms with Crippen LogP contribution in [0.5, 0.6) is 0 Å². The van der Waals surface area contributed by atoms with E-state index in [1.807, 2.05) is 0 Å². The van der Waals surface area contributed by atoms with Crippen LogP contribution in [0.1, 0.15) is 15.9 Å². The molecular weight excluding hydrogens is 292 g/mol. The predicted octanol–water partition coefficient (Wildman–Crippen LogP) is 0.336. The summed E-state index contributed by atoms with van der Waals surface area (Å²) in [7, 11) is -1.56. The molecule has 1 aromatic carbocycles. The number of hydrogen-bond acceptors (Lipinski definition) is 5. The summed E-state index contributed by atoms with van der Waals surface area (Å²) in [5.74, 6) is -0.0345. The van der Waals surface area contributed by atoms with Crippen LogP contribution in [0.15, 0.2) is 35.4 Å². The third kappa shape index (κ3) is 3.40. The number of benzene rings is 1. The Kier molecular flexibility index (Phi) is 3.99. The number of nitrogen functional groups attached to an aromatic ring is 1. The smallest absolute Gasteiger partial charge is 0.256 e. The van der Waals surface area contributed by atoms with Gasteiger partial charge in [-0.15, -0.1) is 0 Å². The minimum Gasteiger partial charge on any atom is -0.383 e. The fourth-order valence-corrected chi connectivity index (χ4v) is 2.38. The third-order valence-electron chi connectivity index (χ3n) is 3.03. The van der Waals surface area contributed by atoms with Crippen LogP contribution in [0.2, 0.25) is 0 Å². The van der Waals surface area contributed by atoms with E-state index in [4.69, 9.17) is 5.73 Å². The lowest BCUT2D eigenvalue weighted by Crippen LogP contribution is -2.23. The van der Waals surface area contributed by atoms with Crippen molar-refractivity contribution in [2.24, 2.45) is 7.05 Å². The second-order valence-corrected chi connectivity index (χ2v) is 6.68. The second-order valence-electron chi connectivity index (χ2n) is 4.67. The van der Waals surface area contributed by atoms with E-state index < -0.39 is 9.84 Å². The molecule has 0 unspecified atom stereocenters. The molecule has 0 saturated heterocycles. The third-order valence-corrected chi connectivity index (χ3v) is 4.16. The van der Waals surface area contributed by atoms with Crippen molar-refractivity contribution in [3.63, 3.8) is 0 Å². The predicted molar refractivity (Wildman–Crippen MR) is 78.3 cm³/mol. The Morgan fingerprint density at radius 3 is 2.43 bits per heavy atom. The molecule has 1 heterocycles. The van der Waals surface area contributed by atoms with Gasteiger partial charge < -0.3 is 11.1 Å². The molecule has 0 aliphatic carbocycles. The normalized spacial score (nSPS) is 11.3. The molecule has 0 aliphatic heterocycles. The molecule has 7 nitrogen and oxygen atoms in total. The number of amides is 1. The molecule has 8 heteroatoms. The Hall–Kier alpha value is -2.35. The van der Waals surface area contributed by atoms with Crippen molar-refractivity contribution in [3.8, 4) is 0 Å². The molecule has 0 fully saturated rings. The van der Waals surface area contributed by atoms with E-state index in [1.165, 1.54) is 23.0 Å². The first kappa shape index (κ1) is 15.0. The number of nitrogens with one attached hydrogen (secondary N) is 1. The molecule has 1 aromatic heterocycles. The lowest BCUT2D eigenvalue weighted by molar-refractivity contribution is 0.0951. The second kappa shape index (κ2) is 5.57. The highest BCUT2D eigenvalue weighted by Gasteiger charge is 2.13. The van der Waals surface area contributed by atoms with Gasteiger partial charge >= 0.3 is 0 Å². The van der Waals surface area contributed by atoms with Crippen molar-refractivity contribution in [1.82, 2.24) is 15.1 Å². The molecule has 3 N–H and O–H groups in total. The summed E-state index contributed by atoms with van der Waals surface area (Å²) in [6, 6.07) is 6.33. The van der Waals surface area contributed by atoms with Crippen molar-refractivity contribution in [2.45, 2.75) is 11.4 Å². The van der Waals surface area contributed by atoms with Crippen molar-refractivity contribution in [2.75, 3.05) is 12.0 Å². The SMILES string of the molecule is Cn1ncc(C(=O)NCc2ccc(S(C)(=O)=O)cc2)c1N. The van der Waals surface area contributed by atoms with Crippen molar-refractivity contribution >= 4 is 21.6 Å². The Morgan fingerprint density at radius 2 is 1.95 bits per heavy atom. The molecule has 0 bridgehead atoms. The van der Waals surface area contributed by atoms with Gasteiger partial charge in [0.1, 0.15) is 11.4 Å². The summed E-state index contributed by atoms with van der Waals surface area (Å²) in [5.41, 5.74) is 6.81. The molecule has 2 rings (SSSR count). The van der Waals surface area contributed by atoms with E-state index in [2.05, 4.69) is 10.4 Å². The summed E-state index contributed by atoms with van der Waals surface area (Å²) in [5, 5.41) is 6.60. The monoisotopic (exact) mass is 308 g/mol. The number of carbonyl (C=O) groups excluding carboxylic acids is 1. The minimum absolute atomic E-state index is 0.245. The van der Waals surface area contributed by atoms with Gasteiger partial charge in [-0.25, -0.2) is 8.42 Å². The number of aromatic nitrogens is 2. The van der Waals surface area contributed by atoms with Crippen LogP contribution in [0.4, 0.5) is 5.82 Å². The largest absolute Gasteiger partial charge is 0.383 e. The first-order valence-corrected chi connectivity index (χ1v) is 8.03. The number of aryl methyl sites for hydroxylation is 1. The van der Waals surface area contributed by atoms with E-state index >= 15 is 0 Å². The van der Waals surface area contributed by atoms with Gasteiger partial charge in [-0.1, -0.05) is 12.1 Å². The van der Waals surface area contributed by atoms with E-state index in [0.29, 0.717) is 11.4 Å². The van der Waals surface area contributed by atoms with Crippen LogP contribution >= 0.6 is 0 Å². The first-order chi connectivity index (χ1) is 9.79. The van der Waals surface area contributed by atoms with Gasteiger partial charge in [0.25, 0.3) is 5.91 Å². The topological polar surface area (TPSA) is 107 Å². The number of sulfone groups is 1. The molecule has 0 saturated carbocycles. The molecule has 0 radical (unpaired) electrons. The van der Waals surface area contributed by atoms with Crippen LogP contribution in [-0.4, -0.2) is 30.4 Å². The molecule has 21 heavy (non-hydrogen) atoms. The highest BCUT2D eigenvalue weighted by Crippen LogP contribution is 2.11. The molecule has 0 spiro atoms. The number of nitrogens with two attached hydrogens (primary N) is 1. The molecule has 0 aliphatic rings. The summed E-state index contributed by atoms with van der Waals surface area (Å²) in [6.07, 6.45) is 2.55. The zero-order valence-electron chi connectivity index (χ0n) is 11.7. The van der Waals surface area contributed by atoms with Gasteiger partial charge in [0, 0.05) is 19.8 Å². The van der Waals surface area contributed by atoms with E-state index in [1.54, 1.807) is 19.2 Å². The highest BCUT2D eigenvalue weighted by molar-refractivity contribution is 7.90. The summed E-state index contributed by atoms with van der Waals surface area (Å²) < 4.78 is 24.1. The van der Waals surface area contributed by atoms with E-state index in [0.717, 1.165) is 11.8 Å². The van der Waals surface area contributed by atoms with E-state index in [9.17, 15) is 13.2 Å². The Labute approximate surface area is 122 Å². The average Bonchev–Trinajstić information content (AvgIpc) is 2.76. The number of nitrogens with zero attached hydrogens (tertiary/aromatic N) is 2. The number of rotatable bonds is 4. The summed E-state index contributed by atoms with van der Waals surface area (Å²) >= 11 is 0. The lowest BCUT2D eigenvalue weighted by Gasteiger charge is -2.06. The summed E-state index contributed by atoms with van der Waals surface area (Å²) in [6.45, 7) is 0.275. The van der Waals surface area contributed by atoms with E-state index in [-0.39, 0.29) is 17.3 Å². The van der Waals surface area contributed by atoms with Gasteiger partial charge in [0.15, 0.2) is 9.84 Å². The van der Waals surface area contributed by atoms with Crippen LogP contribution in [0.25, 0.3) is 0 Å². The molecular formula is C13H16N4O3S. The van der Waals surface area contributed by atoms with Crippen molar-refractivity contribution in [3.05, 3.63) is 41.6 Å². The van der Waals surface area contributed by atoms with Crippen molar-refractivity contribution in [1.29, 1.82) is 0 Å². The van der Waals surface area contributed by atoms with Crippen LogP contribution in [0, 0.1) is 0 Å². The summed E-state index contributed by atoms with van der Waals surface area (Å²) in [4.78, 5) is 12.2. The maximum Gasteiger partial charge on any atom is 0.256 e.